The van der Waals surface area contributed by atoms with Gasteiger partial charge in [-0.1, -0.05) is 103 Å². The fraction of sp³-hybridized carbons (Fsp3) is 0.0667. The number of nitrogens with one attached hydrogen (secondary N) is 2. The van der Waals surface area contributed by atoms with E-state index in [1.807, 2.05) is 60.7 Å². The van der Waals surface area contributed by atoms with E-state index in [2.05, 4.69) is 137 Å². The molecule has 0 fully saturated rings. The number of rotatable bonds is 8. The van der Waals surface area contributed by atoms with Gasteiger partial charge in [0.1, 0.15) is 0 Å². The molecule has 2 aliphatic rings. The van der Waals surface area contributed by atoms with Crippen molar-refractivity contribution in [1.29, 1.82) is 0 Å². The minimum Gasteiger partial charge on any atom is -0.399 e. The third-order valence-corrected chi connectivity index (χ3v) is 8.55. The van der Waals surface area contributed by atoms with Gasteiger partial charge in [0, 0.05) is 39.6 Å². The molecule has 0 amide bonds. The van der Waals surface area contributed by atoms with Gasteiger partial charge in [-0.15, -0.1) is 0 Å². The summed E-state index contributed by atoms with van der Waals surface area (Å²) in [7, 11) is 0. The summed E-state index contributed by atoms with van der Waals surface area (Å²) in [6.07, 6.45) is 8.42. The van der Waals surface area contributed by atoms with E-state index in [1.54, 1.807) is 0 Å². The minimum absolute atomic E-state index is 0.718. The van der Waals surface area contributed by atoms with Crippen LogP contribution < -0.4 is 16.4 Å². The second-order valence-corrected chi connectivity index (χ2v) is 12.4. The van der Waals surface area contributed by atoms with Crippen LogP contribution in [-0.2, 0) is 13.1 Å². The van der Waals surface area contributed by atoms with Crippen molar-refractivity contribution in [3.05, 3.63) is 197 Å². The van der Waals surface area contributed by atoms with Crippen molar-refractivity contribution in [3.8, 4) is 0 Å². The number of benzene rings is 6. The quantitative estimate of drug-likeness (QED) is 0.144. The Balaban J connectivity index is 0.000000157. The highest BCUT2D eigenvalue weighted by Crippen LogP contribution is 2.28. The lowest BCUT2D eigenvalue weighted by Crippen LogP contribution is -1.97. The van der Waals surface area contributed by atoms with Crippen molar-refractivity contribution in [1.82, 2.24) is 0 Å². The van der Waals surface area contributed by atoms with Gasteiger partial charge in [-0.25, -0.2) is 0 Å². The van der Waals surface area contributed by atoms with Gasteiger partial charge >= 0.3 is 0 Å². The molecule has 5 nitrogen and oxygen atoms in total. The second-order valence-electron chi connectivity index (χ2n) is 12.4. The van der Waals surface area contributed by atoms with Crippen molar-refractivity contribution < 1.29 is 0 Å². The molecule has 2 heterocycles. The zero-order valence-electron chi connectivity index (χ0n) is 28.1. The Morgan fingerprint density at radius 3 is 1.46 bits per heavy atom. The third kappa shape index (κ3) is 8.15. The molecule has 0 saturated carbocycles. The normalized spacial score (nSPS) is 12.9. The molecule has 6 aromatic carbocycles. The Hall–Kier alpha value is -6.46. The first-order valence-corrected chi connectivity index (χ1v) is 16.8. The summed E-state index contributed by atoms with van der Waals surface area (Å²) in [6, 6.07) is 49.6. The Morgan fingerprint density at radius 1 is 0.480 bits per heavy atom. The van der Waals surface area contributed by atoms with E-state index in [0.29, 0.717) is 0 Å². The van der Waals surface area contributed by atoms with Gasteiger partial charge < -0.3 is 16.4 Å². The molecule has 0 aliphatic carbocycles. The predicted octanol–water partition coefficient (Wildman–Crippen LogP) is 10.8. The van der Waals surface area contributed by atoms with Crippen LogP contribution >= 0.6 is 0 Å². The first-order chi connectivity index (χ1) is 24.6. The monoisotopic (exact) mass is 649 g/mol. The maximum Gasteiger partial charge on any atom is 0.0654 e. The van der Waals surface area contributed by atoms with Crippen LogP contribution in [0.15, 0.2) is 168 Å². The highest BCUT2D eigenvalue weighted by atomic mass is 14.9. The van der Waals surface area contributed by atoms with E-state index in [1.165, 1.54) is 38.9 Å². The van der Waals surface area contributed by atoms with Crippen molar-refractivity contribution >= 4 is 52.0 Å². The number of nitrogen functional groups attached to an aromatic ring is 1. The summed E-state index contributed by atoms with van der Waals surface area (Å²) in [6.45, 7) is 3.57. The lowest BCUT2D eigenvalue weighted by molar-refractivity contribution is 1.11. The summed E-state index contributed by atoms with van der Waals surface area (Å²) in [5.41, 5.74) is 21.5. The maximum atomic E-state index is 5.84. The maximum absolute atomic E-state index is 5.84. The number of aryl methyl sites for hydroxylation is 1. The first kappa shape index (κ1) is 32.1. The largest absolute Gasteiger partial charge is 0.399 e. The molecule has 4 N–H and O–H groups in total. The Kier molecular flexibility index (Phi) is 9.75. The van der Waals surface area contributed by atoms with Crippen LogP contribution in [0, 0.1) is 6.92 Å². The minimum atomic E-state index is 0.718. The summed E-state index contributed by atoms with van der Waals surface area (Å²) in [5, 5.41) is 6.88. The smallest absolute Gasteiger partial charge is 0.0654 e. The fourth-order valence-corrected chi connectivity index (χ4v) is 6.05. The highest BCUT2D eigenvalue weighted by Gasteiger charge is 2.15. The number of hydrogen-bond donors (Lipinski definition) is 3. The van der Waals surface area contributed by atoms with Crippen LogP contribution in [0.1, 0.15) is 38.9 Å². The van der Waals surface area contributed by atoms with E-state index >= 15 is 0 Å². The molecule has 0 bridgehead atoms. The van der Waals surface area contributed by atoms with E-state index in [0.717, 1.165) is 52.9 Å². The van der Waals surface area contributed by atoms with Gasteiger partial charge in [0.25, 0.3) is 0 Å². The number of aliphatic imine (C=N–C) groups is 2. The molecule has 5 heteroatoms. The van der Waals surface area contributed by atoms with Crippen molar-refractivity contribution in [2.24, 2.45) is 9.98 Å². The molecule has 50 heavy (non-hydrogen) atoms. The van der Waals surface area contributed by atoms with Gasteiger partial charge in [0.05, 0.1) is 24.5 Å². The standard InChI is InChI=1S/C23H20N2.C22H19N3/c1-17-6-5-9-20(14-17)25-21-11-12-22-19(15-21)16-24-23(22)13-10-18-7-3-2-4-8-18;23-18-7-4-8-19(14-18)25-20-10-11-21-17(13-20)15-24-22(21)12-9-16-5-2-1-3-6-16/h2-15,25H,16H2,1H3;1-14,25H,15,23H2/b13-10+;12-9+. The third-order valence-electron chi connectivity index (χ3n) is 8.55. The van der Waals surface area contributed by atoms with Crippen LogP contribution in [0.25, 0.3) is 12.2 Å². The fourth-order valence-electron chi connectivity index (χ4n) is 6.05. The molecule has 6 aromatic rings. The summed E-state index contributed by atoms with van der Waals surface area (Å²) in [5.74, 6) is 0. The topological polar surface area (TPSA) is 74.8 Å². The van der Waals surface area contributed by atoms with Crippen molar-refractivity contribution in [2.45, 2.75) is 20.0 Å². The average molecular weight is 650 g/mol. The number of anilines is 5. The lowest BCUT2D eigenvalue weighted by Gasteiger charge is -2.09. The molecule has 0 spiro atoms. The molecule has 8 rings (SSSR count). The molecule has 0 atom stereocenters. The van der Waals surface area contributed by atoms with Crippen molar-refractivity contribution in [3.63, 3.8) is 0 Å². The molecule has 0 saturated heterocycles. The van der Waals surface area contributed by atoms with Gasteiger partial charge in [0.15, 0.2) is 0 Å². The molecular weight excluding hydrogens is 611 g/mol. The average Bonchev–Trinajstić information content (AvgIpc) is 3.74. The van der Waals surface area contributed by atoms with Gasteiger partial charge in [-0.05, 0) is 101 Å². The van der Waals surface area contributed by atoms with Crippen LogP contribution in [0.5, 0.6) is 0 Å². The summed E-state index contributed by atoms with van der Waals surface area (Å²) in [4.78, 5) is 9.35. The van der Waals surface area contributed by atoms with Crippen LogP contribution in [0.2, 0.25) is 0 Å². The Labute approximate surface area is 294 Å². The first-order valence-electron chi connectivity index (χ1n) is 16.8. The number of nitrogens with zero attached hydrogens (tertiary/aromatic N) is 2. The number of fused-ring (bicyclic) bond motifs is 2. The van der Waals surface area contributed by atoms with Gasteiger partial charge in [-0.3, -0.25) is 9.98 Å². The lowest BCUT2D eigenvalue weighted by atomic mass is 10.0. The zero-order chi connectivity index (χ0) is 34.1. The van der Waals surface area contributed by atoms with E-state index < -0.39 is 0 Å². The highest BCUT2D eigenvalue weighted by molar-refractivity contribution is 6.14. The van der Waals surface area contributed by atoms with Gasteiger partial charge in [0.2, 0.25) is 0 Å². The molecule has 0 aromatic heterocycles. The number of nitrogens with two attached hydrogens (primary N) is 1. The molecule has 0 unspecified atom stereocenters. The van der Waals surface area contributed by atoms with E-state index in [-0.39, 0.29) is 0 Å². The predicted molar refractivity (Wildman–Crippen MR) is 213 cm³/mol. The summed E-state index contributed by atoms with van der Waals surface area (Å²) >= 11 is 0. The van der Waals surface area contributed by atoms with Crippen LogP contribution in [0.3, 0.4) is 0 Å². The summed E-state index contributed by atoms with van der Waals surface area (Å²) < 4.78 is 0. The SMILES string of the molecule is Cc1cccc(Nc2ccc3c(c2)CN=C3/C=C/c2ccccc2)c1.Nc1cccc(Nc2ccc3c(c2)CN=C3/C=C/c2ccccc2)c1. The van der Waals surface area contributed by atoms with E-state index in [9.17, 15) is 0 Å². The van der Waals surface area contributed by atoms with E-state index in [4.69, 9.17) is 5.73 Å². The zero-order valence-corrected chi connectivity index (χ0v) is 28.1. The van der Waals surface area contributed by atoms with Crippen LogP contribution in [0.4, 0.5) is 28.4 Å². The second kappa shape index (κ2) is 15.2. The molecular formula is C45H39N5. The molecule has 244 valence electrons. The molecule has 0 radical (unpaired) electrons. The van der Waals surface area contributed by atoms with Crippen LogP contribution in [-0.4, -0.2) is 11.4 Å². The molecule has 2 aliphatic heterocycles. The Bertz CT molecular complexity index is 2070. The van der Waals surface area contributed by atoms with Gasteiger partial charge in [-0.2, -0.15) is 0 Å². The number of hydrogen-bond acceptors (Lipinski definition) is 5. The van der Waals surface area contributed by atoms with Crippen molar-refractivity contribution in [2.75, 3.05) is 16.4 Å². The Morgan fingerprint density at radius 2 is 0.960 bits per heavy atom. The number of allylic oxidation sites excluding steroid dienone is 2.